The van der Waals surface area contributed by atoms with Crippen LogP contribution < -0.4 is 4.90 Å². The van der Waals surface area contributed by atoms with Crippen LogP contribution in [0, 0.1) is 6.92 Å². The Morgan fingerprint density at radius 2 is 1.21 bits per heavy atom. The average Bonchev–Trinajstić information content (AvgIpc) is 2.67. The molecule has 1 nitrogen and oxygen atoms in total. The number of benzene rings is 3. The zero-order chi connectivity index (χ0) is 20.5. The maximum absolute atomic E-state index is 15.0. The summed E-state index contributed by atoms with van der Waals surface area (Å²) in [6.07, 6.45) is -4.74. The van der Waals surface area contributed by atoms with E-state index in [-0.39, 0.29) is 11.3 Å². The molecule has 0 unspecified atom stereocenters. The van der Waals surface area contributed by atoms with Gasteiger partial charge in [-0.2, -0.15) is 22.0 Å². The second-order valence-electron chi connectivity index (χ2n) is 6.60. The molecule has 0 saturated heterocycles. The lowest BCUT2D eigenvalue weighted by Crippen LogP contribution is -2.19. The largest absolute Gasteiger partial charge is 0.416 e. The summed E-state index contributed by atoms with van der Waals surface area (Å²) in [6.45, 7) is 1.75. The molecule has 0 aromatic heterocycles. The summed E-state index contributed by atoms with van der Waals surface area (Å²) >= 11 is 0. The molecule has 0 bridgehead atoms. The second-order valence-corrected chi connectivity index (χ2v) is 6.60. The van der Waals surface area contributed by atoms with Gasteiger partial charge in [-0.15, -0.1) is 0 Å². The number of rotatable bonds is 4. The van der Waals surface area contributed by atoms with E-state index in [4.69, 9.17) is 0 Å². The molecule has 146 valence electrons. The smallest absolute Gasteiger partial charge is 0.345 e. The van der Waals surface area contributed by atoms with E-state index in [2.05, 4.69) is 0 Å². The van der Waals surface area contributed by atoms with Crippen LogP contribution in [0.3, 0.4) is 0 Å². The number of alkyl halides is 5. The monoisotopic (exact) mass is 391 g/mol. The molecule has 28 heavy (non-hydrogen) atoms. The fourth-order valence-corrected chi connectivity index (χ4v) is 2.88. The first-order valence-corrected chi connectivity index (χ1v) is 8.55. The fourth-order valence-electron chi connectivity index (χ4n) is 2.88. The topological polar surface area (TPSA) is 3.24 Å². The van der Waals surface area contributed by atoms with E-state index in [0.29, 0.717) is 11.8 Å². The Morgan fingerprint density at radius 3 is 1.79 bits per heavy atom. The highest BCUT2D eigenvalue weighted by Crippen LogP contribution is 2.41. The highest BCUT2D eigenvalue weighted by atomic mass is 19.4. The first-order valence-electron chi connectivity index (χ1n) is 8.55. The molecule has 3 aromatic carbocycles. The van der Waals surface area contributed by atoms with Crippen LogP contribution in [0.5, 0.6) is 0 Å². The molecule has 0 aliphatic carbocycles. The summed E-state index contributed by atoms with van der Waals surface area (Å²) in [6, 6.07) is 16.6. The molecule has 6 heteroatoms. The molecule has 0 atom stereocenters. The second kappa shape index (κ2) is 7.26. The van der Waals surface area contributed by atoms with E-state index < -0.39 is 23.2 Å². The van der Waals surface area contributed by atoms with Gasteiger partial charge in [0.2, 0.25) is 0 Å². The van der Waals surface area contributed by atoms with Crippen molar-refractivity contribution in [2.24, 2.45) is 0 Å². The summed E-state index contributed by atoms with van der Waals surface area (Å²) < 4.78 is 70.3. The Kier molecular flexibility index (Phi) is 5.15. The lowest BCUT2D eigenvalue weighted by Gasteiger charge is -2.25. The quantitative estimate of drug-likeness (QED) is 0.436. The minimum Gasteiger partial charge on any atom is -0.345 e. The molecule has 0 N–H and O–H groups in total. The van der Waals surface area contributed by atoms with Crippen molar-refractivity contribution in [3.05, 3.63) is 95.1 Å². The van der Waals surface area contributed by atoms with Crippen LogP contribution >= 0.6 is 0 Å². The molecule has 0 fully saturated rings. The van der Waals surface area contributed by atoms with Gasteiger partial charge in [-0.05, 0) is 37.3 Å². The third-order valence-corrected chi connectivity index (χ3v) is 4.55. The number of nitrogens with zero attached hydrogens (tertiary/aromatic N) is 1. The van der Waals surface area contributed by atoms with Gasteiger partial charge in [0.25, 0.3) is 5.92 Å². The van der Waals surface area contributed by atoms with E-state index in [1.807, 2.05) is 0 Å². The van der Waals surface area contributed by atoms with Gasteiger partial charge in [-0.3, -0.25) is 0 Å². The number of hydrogen-bond acceptors (Lipinski definition) is 1. The Balaban J connectivity index is 2.14. The van der Waals surface area contributed by atoms with Gasteiger partial charge in [-0.25, -0.2) is 0 Å². The molecular formula is C22H18F5N. The van der Waals surface area contributed by atoms with Crippen molar-refractivity contribution in [1.82, 2.24) is 0 Å². The zero-order valence-electron chi connectivity index (χ0n) is 15.3. The van der Waals surface area contributed by atoms with Crippen molar-refractivity contribution in [2.45, 2.75) is 19.0 Å². The molecule has 3 rings (SSSR count). The summed E-state index contributed by atoms with van der Waals surface area (Å²) in [5.41, 5.74) is -0.772. The Labute approximate surface area is 160 Å². The summed E-state index contributed by atoms with van der Waals surface area (Å²) in [7, 11) is 1.54. The molecular weight excluding hydrogens is 373 g/mol. The number of hydrogen-bond donors (Lipinski definition) is 0. The van der Waals surface area contributed by atoms with E-state index in [1.165, 1.54) is 29.2 Å². The Morgan fingerprint density at radius 1 is 0.643 bits per heavy atom. The molecule has 3 aromatic rings. The summed E-state index contributed by atoms with van der Waals surface area (Å²) in [5, 5.41) is 0. The van der Waals surface area contributed by atoms with Gasteiger partial charge in [0.15, 0.2) is 0 Å². The summed E-state index contributed by atoms with van der Waals surface area (Å²) in [4.78, 5) is 1.45. The van der Waals surface area contributed by atoms with Crippen LogP contribution in [-0.4, -0.2) is 7.05 Å². The number of halogens is 5. The molecule has 0 aliphatic heterocycles. The predicted molar refractivity (Wildman–Crippen MR) is 100 cm³/mol. The van der Waals surface area contributed by atoms with Crippen molar-refractivity contribution in [3.8, 4) is 0 Å². The van der Waals surface area contributed by atoms with E-state index >= 15 is 8.78 Å². The van der Waals surface area contributed by atoms with Crippen molar-refractivity contribution in [1.29, 1.82) is 0 Å². The standard InChI is InChI=1S/C22H18F5N/c1-15-8-10-16(11-9-15)21(23,24)17-12-18(22(25,26)27)14-20(13-17)28(2)19-6-4-3-5-7-19/h3-14H,1-2H3. The van der Waals surface area contributed by atoms with Crippen LogP contribution in [0.1, 0.15) is 22.3 Å². The maximum atomic E-state index is 15.0. The first kappa shape index (κ1) is 19.9. The number of anilines is 2. The lowest BCUT2D eigenvalue weighted by molar-refractivity contribution is -0.137. The normalized spacial score (nSPS) is 12.1. The zero-order valence-corrected chi connectivity index (χ0v) is 15.3. The van der Waals surface area contributed by atoms with Gasteiger partial charge in [0, 0.05) is 29.5 Å². The minimum atomic E-state index is -4.74. The summed E-state index contributed by atoms with van der Waals surface area (Å²) in [5.74, 6) is -3.57. The Hall–Kier alpha value is -2.89. The van der Waals surface area contributed by atoms with Gasteiger partial charge in [-0.1, -0.05) is 48.0 Å². The molecule has 0 spiro atoms. The lowest BCUT2D eigenvalue weighted by atomic mass is 9.96. The SMILES string of the molecule is Cc1ccc(C(F)(F)c2cc(N(C)c3ccccc3)cc(C(F)(F)F)c2)cc1. The van der Waals surface area contributed by atoms with Gasteiger partial charge < -0.3 is 4.90 Å². The van der Waals surface area contributed by atoms with Gasteiger partial charge >= 0.3 is 6.18 Å². The molecule has 0 aliphatic rings. The van der Waals surface area contributed by atoms with Crippen LogP contribution in [0.15, 0.2) is 72.8 Å². The van der Waals surface area contributed by atoms with Crippen LogP contribution in [0.4, 0.5) is 33.3 Å². The van der Waals surface area contributed by atoms with Crippen LogP contribution in [0.25, 0.3) is 0 Å². The van der Waals surface area contributed by atoms with Gasteiger partial charge in [0.1, 0.15) is 0 Å². The van der Waals surface area contributed by atoms with Crippen molar-refractivity contribution in [3.63, 3.8) is 0 Å². The highest BCUT2D eigenvalue weighted by Gasteiger charge is 2.38. The maximum Gasteiger partial charge on any atom is 0.416 e. The van der Waals surface area contributed by atoms with Crippen LogP contribution in [-0.2, 0) is 12.1 Å². The van der Waals surface area contributed by atoms with Crippen LogP contribution in [0.2, 0.25) is 0 Å². The van der Waals surface area contributed by atoms with Gasteiger partial charge in [0.05, 0.1) is 5.56 Å². The third kappa shape index (κ3) is 4.01. The average molecular weight is 391 g/mol. The molecule has 0 radical (unpaired) electrons. The van der Waals surface area contributed by atoms with E-state index in [9.17, 15) is 13.2 Å². The van der Waals surface area contributed by atoms with Crippen molar-refractivity contribution in [2.75, 3.05) is 11.9 Å². The third-order valence-electron chi connectivity index (χ3n) is 4.55. The van der Waals surface area contributed by atoms with Crippen molar-refractivity contribution < 1.29 is 22.0 Å². The highest BCUT2D eigenvalue weighted by molar-refractivity contribution is 5.64. The Bertz CT molecular complexity index is 947. The molecule has 0 amide bonds. The number of aryl methyl sites for hydroxylation is 1. The van der Waals surface area contributed by atoms with Crippen molar-refractivity contribution >= 4 is 11.4 Å². The predicted octanol–water partition coefficient (Wildman–Crippen LogP) is 6.92. The number of para-hydroxylation sites is 1. The molecule has 0 saturated carbocycles. The van der Waals surface area contributed by atoms with E-state index in [1.54, 1.807) is 44.3 Å². The minimum absolute atomic E-state index is 0.0304. The van der Waals surface area contributed by atoms with E-state index in [0.717, 1.165) is 17.7 Å². The fraction of sp³-hybridized carbons (Fsp3) is 0.182. The molecule has 0 heterocycles. The first-order chi connectivity index (χ1) is 13.1.